The second-order valence-electron chi connectivity index (χ2n) is 6.21. The van der Waals surface area contributed by atoms with Crippen molar-refractivity contribution in [1.29, 1.82) is 0 Å². The summed E-state index contributed by atoms with van der Waals surface area (Å²) in [5.41, 5.74) is -0.398. The lowest BCUT2D eigenvalue weighted by atomic mass is 9.84. The lowest BCUT2D eigenvalue weighted by Crippen LogP contribution is -2.52. The highest BCUT2D eigenvalue weighted by molar-refractivity contribution is 5.88. The van der Waals surface area contributed by atoms with Crippen LogP contribution in [0.5, 0.6) is 0 Å². The van der Waals surface area contributed by atoms with E-state index < -0.39 is 23.5 Å². The summed E-state index contributed by atoms with van der Waals surface area (Å²) in [4.78, 5) is 34.8. The molecule has 2 amide bonds. The summed E-state index contributed by atoms with van der Waals surface area (Å²) < 4.78 is 10.2. The molecule has 0 aromatic carbocycles. The molecule has 0 spiro atoms. The molecule has 0 aromatic rings. The molecule has 0 aliphatic carbocycles. The minimum absolute atomic E-state index is 0.136. The van der Waals surface area contributed by atoms with Gasteiger partial charge in [-0.2, -0.15) is 0 Å². The van der Waals surface area contributed by atoms with Crippen LogP contribution in [-0.2, 0) is 19.1 Å². The number of carbonyl (C=O) groups is 3. The first-order valence-corrected chi connectivity index (χ1v) is 7.02. The number of esters is 1. The Kier molecular flexibility index (Phi) is 6.14. The number of hydrogen-bond donors (Lipinski definition) is 2. The Balaban J connectivity index is 2.35. The van der Waals surface area contributed by atoms with Crippen LogP contribution in [0.15, 0.2) is 0 Å². The first-order valence-electron chi connectivity index (χ1n) is 7.02. The standard InChI is InChI=1S/C14H24N2O5/c1-9(17)12(14(2,3)4)16-13(19)15-7-11(18)21-10-5-6-20-8-10/h10,12H,5-8H2,1-4H3,(H2,15,16,19). The molecule has 120 valence electrons. The first-order chi connectivity index (χ1) is 9.70. The molecule has 0 aromatic heterocycles. The minimum Gasteiger partial charge on any atom is -0.459 e. The van der Waals surface area contributed by atoms with Gasteiger partial charge in [-0.25, -0.2) is 4.79 Å². The zero-order chi connectivity index (χ0) is 16.0. The van der Waals surface area contributed by atoms with Crippen molar-refractivity contribution in [2.75, 3.05) is 19.8 Å². The van der Waals surface area contributed by atoms with E-state index in [-0.39, 0.29) is 18.4 Å². The molecule has 0 bridgehead atoms. The monoisotopic (exact) mass is 300 g/mol. The molecule has 1 saturated heterocycles. The average molecular weight is 300 g/mol. The molecule has 1 fully saturated rings. The number of Topliss-reactive ketones (excluding diaryl/α,β-unsaturated/α-hetero) is 1. The number of nitrogens with one attached hydrogen (secondary N) is 2. The molecule has 2 unspecified atom stereocenters. The molecule has 1 aliphatic rings. The summed E-state index contributed by atoms with van der Waals surface area (Å²) in [5.74, 6) is -0.654. The fourth-order valence-electron chi connectivity index (χ4n) is 2.10. The third-order valence-corrected chi connectivity index (χ3v) is 3.13. The van der Waals surface area contributed by atoms with Gasteiger partial charge in [0.25, 0.3) is 0 Å². The topological polar surface area (TPSA) is 93.7 Å². The maximum Gasteiger partial charge on any atom is 0.325 e. The van der Waals surface area contributed by atoms with E-state index in [2.05, 4.69) is 10.6 Å². The zero-order valence-corrected chi connectivity index (χ0v) is 13.0. The van der Waals surface area contributed by atoms with E-state index in [1.807, 2.05) is 20.8 Å². The average Bonchev–Trinajstić information content (AvgIpc) is 2.84. The molecular weight excluding hydrogens is 276 g/mol. The van der Waals surface area contributed by atoms with Gasteiger partial charge in [-0.1, -0.05) is 20.8 Å². The van der Waals surface area contributed by atoms with E-state index in [9.17, 15) is 14.4 Å². The van der Waals surface area contributed by atoms with Crippen LogP contribution in [0, 0.1) is 5.41 Å². The van der Waals surface area contributed by atoms with Crippen LogP contribution in [0.1, 0.15) is 34.1 Å². The molecule has 21 heavy (non-hydrogen) atoms. The lowest BCUT2D eigenvalue weighted by molar-refractivity contribution is -0.147. The van der Waals surface area contributed by atoms with Crippen LogP contribution in [0.4, 0.5) is 4.79 Å². The van der Waals surface area contributed by atoms with Gasteiger partial charge in [-0.15, -0.1) is 0 Å². The van der Waals surface area contributed by atoms with Crippen molar-refractivity contribution in [3.05, 3.63) is 0 Å². The highest BCUT2D eigenvalue weighted by Crippen LogP contribution is 2.19. The molecule has 7 heteroatoms. The summed E-state index contributed by atoms with van der Waals surface area (Å²) in [7, 11) is 0. The zero-order valence-electron chi connectivity index (χ0n) is 13.0. The van der Waals surface area contributed by atoms with Gasteiger partial charge in [0.05, 0.1) is 19.3 Å². The van der Waals surface area contributed by atoms with Crippen molar-refractivity contribution in [2.45, 2.75) is 46.3 Å². The number of ketones is 1. The largest absolute Gasteiger partial charge is 0.459 e. The van der Waals surface area contributed by atoms with E-state index >= 15 is 0 Å². The highest BCUT2D eigenvalue weighted by Gasteiger charge is 2.30. The maximum absolute atomic E-state index is 11.7. The van der Waals surface area contributed by atoms with Crippen molar-refractivity contribution >= 4 is 17.8 Å². The Hall–Kier alpha value is -1.63. The fraction of sp³-hybridized carbons (Fsp3) is 0.786. The molecule has 1 rings (SSSR count). The SMILES string of the molecule is CC(=O)C(NC(=O)NCC(=O)OC1CCOC1)C(C)(C)C. The van der Waals surface area contributed by atoms with E-state index in [1.54, 1.807) is 0 Å². The number of carbonyl (C=O) groups excluding carboxylic acids is 3. The van der Waals surface area contributed by atoms with Gasteiger partial charge in [-0.05, 0) is 12.3 Å². The Morgan fingerprint density at radius 3 is 2.48 bits per heavy atom. The number of hydrogen-bond acceptors (Lipinski definition) is 5. The number of ether oxygens (including phenoxy) is 2. The van der Waals surface area contributed by atoms with Gasteiger partial charge in [0.15, 0.2) is 5.78 Å². The number of rotatable bonds is 5. The molecule has 0 saturated carbocycles. The minimum atomic E-state index is -0.614. The van der Waals surface area contributed by atoms with Crippen LogP contribution in [0.25, 0.3) is 0 Å². The van der Waals surface area contributed by atoms with Crippen LogP contribution in [0.3, 0.4) is 0 Å². The highest BCUT2D eigenvalue weighted by atomic mass is 16.6. The quantitative estimate of drug-likeness (QED) is 0.726. The Morgan fingerprint density at radius 1 is 1.33 bits per heavy atom. The van der Waals surface area contributed by atoms with Crippen molar-refractivity contribution in [3.63, 3.8) is 0 Å². The van der Waals surface area contributed by atoms with E-state index in [0.29, 0.717) is 19.6 Å². The summed E-state index contributed by atoms with van der Waals surface area (Å²) in [6.45, 7) is 7.73. The Morgan fingerprint density at radius 2 is 2.00 bits per heavy atom. The van der Waals surface area contributed by atoms with Crippen molar-refractivity contribution in [2.24, 2.45) is 5.41 Å². The smallest absolute Gasteiger partial charge is 0.325 e. The third kappa shape index (κ3) is 6.12. The molecule has 0 radical (unpaired) electrons. The number of urea groups is 1. The summed E-state index contributed by atoms with van der Waals surface area (Å²) in [5, 5.41) is 4.97. The van der Waals surface area contributed by atoms with Crippen molar-refractivity contribution in [3.8, 4) is 0 Å². The number of amides is 2. The van der Waals surface area contributed by atoms with Crippen LogP contribution < -0.4 is 10.6 Å². The van der Waals surface area contributed by atoms with Gasteiger partial charge < -0.3 is 20.1 Å². The third-order valence-electron chi connectivity index (χ3n) is 3.13. The van der Waals surface area contributed by atoms with Crippen molar-refractivity contribution in [1.82, 2.24) is 10.6 Å². The molecular formula is C14H24N2O5. The predicted molar refractivity (Wildman–Crippen MR) is 75.8 cm³/mol. The summed E-state index contributed by atoms with van der Waals surface area (Å²) in [6.07, 6.45) is 0.441. The predicted octanol–water partition coefficient (Wildman–Crippen LogP) is 0.621. The molecule has 1 aliphatic heterocycles. The van der Waals surface area contributed by atoms with Gasteiger partial charge in [-0.3, -0.25) is 9.59 Å². The van der Waals surface area contributed by atoms with E-state index in [4.69, 9.17) is 9.47 Å². The summed E-state index contributed by atoms with van der Waals surface area (Å²) >= 11 is 0. The van der Waals surface area contributed by atoms with Crippen LogP contribution >= 0.6 is 0 Å². The second kappa shape index (κ2) is 7.40. The van der Waals surface area contributed by atoms with Gasteiger partial charge in [0.1, 0.15) is 12.6 Å². The van der Waals surface area contributed by atoms with Gasteiger partial charge in [0, 0.05) is 6.42 Å². The van der Waals surface area contributed by atoms with Crippen molar-refractivity contribution < 1.29 is 23.9 Å². The van der Waals surface area contributed by atoms with E-state index in [0.717, 1.165) is 0 Å². The van der Waals surface area contributed by atoms with Gasteiger partial charge >= 0.3 is 12.0 Å². The summed E-state index contributed by atoms with van der Waals surface area (Å²) in [6, 6.07) is -1.18. The molecule has 1 heterocycles. The normalized spacial score (nSPS) is 19.7. The lowest BCUT2D eigenvalue weighted by Gasteiger charge is -2.29. The molecule has 2 N–H and O–H groups in total. The molecule has 7 nitrogen and oxygen atoms in total. The first kappa shape index (κ1) is 17.4. The maximum atomic E-state index is 11.7. The van der Waals surface area contributed by atoms with Crippen LogP contribution in [0.2, 0.25) is 0 Å². The van der Waals surface area contributed by atoms with Crippen LogP contribution in [-0.4, -0.2) is 49.7 Å². The van der Waals surface area contributed by atoms with Gasteiger partial charge in [0.2, 0.25) is 0 Å². The fourth-order valence-corrected chi connectivity index (χ4v) is 2.10. The molecule has 2 atom stereocenters. The Bertz CT molecular complexity index is 397. The van der Waals surface area contributed by atoms with E-state index in [1.165, 1.54) is 6.92 Å². The Labute approximate surface area is 124 Å². The second-order valence-corrected chi connectivity index (χ2v) is 6.21.